The first kappa shape index (κ1) is 17.1. The van der Waals surface area contributed by atoms with Gasteiger partial charge in [0.25, 0.3) is 5.91 Å². The van der Waals surface area contributed by atoms with Crippen LogP contribution < -0.4 is 11.1 Å². The van der Waals surface area contributed by atoms with E-state index in [9.17, 15) is 9.59 Å². The van der Waals surface area contributed by atoms with Crippen molar-refractivity contribution in [1.82, 2.24) is 10.2 Å². The number of carbonyl (C=O) groups is 2. The number of nitrogens with zero attached hydrogens (tertiary/aromatic N) is 1. The van der Waals surface area contributed by atoms with E-state index >= 15 is 0 Å². The Hall–Kier alpha value is -1.30. The Kier molecular flexibility index (Phi) is 5.67. The van der Waals surface area contributed by atoms with Crippen LogP contribution >= 0.6 is 23.2 Å². The summed E-state index contributed by atoms with van der Waals surface area (Å²) in [4.78, 5) is 26.5. The highest BCUT2D eigenvalue weighted by Gasteiger charge is 2.34. The van der Waals surface area contributed by atoms with Gasteiger partial charge in [-0.25, -0.2) is 0 Å². The zero-order valence-electron chi connectivity index (χ0n) is 12.3. The van der Waals surface area contributed by atoms with Gasteiger partial charge in [0.2, 0.25) is 5.91 Å². The molecule has 22 heavy (non-hydrogen) atoms. The smallest absolute Gasteiger partial charge is 0.254 e. The molecule has 1 aliphatic heterocycles. The Labute approximate surface area is 139 Å². The van der Waals surface area contributed by atoms with E-state index in [0.717, 1.165) is 6.42 Å². The summed E-state index contributed by atoms with van der Waals surface area (Å²) in [5.74, 6) is -0.375. The van der Waals surface area contributed by atoms with Crippen molar-refractivity contribution in [1.29, 1.82) is 0 Å². The molecular weight excluding hydrogens is 325 g/mol. The lowest BCUT2D eigenvalue weighted by atomic mass is 10.1. The van der Waals surface area contributed by atoms with Crippen molar-refractivity contribution < 1.29 is 9.59 Å². The second-order valence-electron chi connectivity index (χ2n) is 5.43. The number of nitrogens with two attached hydrogens (primary N) is 1. The predicted molar refractivity (Wildman–Crippen MR) is 87.2 cm³/mol. The highest BCUT2D eigenvalue weighted by molar-refractivity contribution is 6.42. The lowest BCUT2D eigenvalue weighted by Crippen LogP contribution is -2.49. The van der Waals surface area contributed by atoms with Crippen LogP contribution in [0.1, 0.15) is 30.1 Å². The zero-order chi connectivity index (χ0) is 16.3. The van der Waals surface area contributed by atoms with E-state index in [1.807, 2.05) is 6.92 Å². The summed E-state index contributed by atoms with van der Waals surface area (Å²) in [5.41, 5.74) is 5.94. The third-order valence-corrected chi connectivity index (χ3v) is 4.46. The van der Waals surface area contributed by atoms with Gasteiger partial charge in [-0.1, -0.05) is 23.2 Å². The molecule has 0 radical (unpaired) electrons. The molecule has 2 atom stereocenters. The second-order valence-corrected chi connectivity index (χ2v) is 6.25. The molecule has 2 rings (SSSR count). The Bertz CT molecular complexity index is 580. The van der Waals surface area contributed by atoms with Crippen molar-refractivity contribution in [2.75, 3.05) is 13.1 Å². The third-order valence-electron chi connectivity index (χ3n) is 3.73. The lowest BCUT2D eigenvalue weighted by molar-refractivity contribution is -0.125. The molecule has 0 aliphatic carbocycles. The first-order valence-electron chi connectivity index (χ1n) is 7.20. The Balaban J connectivity index is 2.14. The summed E-state index contributed by atoms with van der Waals surface area (Å²) in [7, 11) is 0. The molecule has 1 aromatic rings. The molecule has 1 fully saturated rings. The van der Waals surface area contributed by atoms with E-state index in [0.29, 0.717) is 35.1 Å². The second kappa shape index (κ2) is 7.31. The molecule has 5 nitrogen and oxygen atoms in total. The van der Waals surface area contributed by atoms with Gasteiger partial charge in [-0.15, -0.1) is 0 Å². The van der Waals surface area contributed by atoms with Crippen LogP contribution in [-0.4, -0.2) is 41.9 Å². The van der Waals surface area contributed by atoms with Gasteiger partial charge in [0.1, 0.15) is 6.04 Å². The van der Waals surface area contributed by atoms with Gasteiger partial charge in [0.05, 0.1) is 10.0 Å². The van der Waals surface area contributed by atoms with E-state index in [1.165, 1.54) is 6.07 Å². The van der Waals surface area contributed by atoms with E-state index < -0.39 is 6.04 Å². The van der Waals surface area contributed by atoms with Crippen LogP contribution in [0.15, 0.2) is 18.2 Å². The number of rotatable bonds is 4. The SMILES string of the molecule is C[C@@H](CN)NC(=O)C1CCCN1C(=O)c1ccc(Cl)c(Cl)c1. The van der Waals surface area contributed by atoms with Gasteiger partial charge in [-0.3, -0.25) is 9.59 Å². The van der Waals surface area contributed by atoms with Crippen molar-refractivity contribution in [3.8, 4) is 0 Å². The number of benzene rings is 1. The molecular formula is C15H19Cl2N3O2. The van der Waals surface area contributed by atoms with Gasteiger partial charge in [-0.2, -0.15) is 0 Å². The summed E-state index contributed by atoms with van der Waals surface area (Å²) in [6.45, 7) is 2.74. The highest BCUT2D eigenvalue weighted by Crippen LogP contribution is 2.25. The minimum Gasteiger partial charge on any atom is -0.351 e. The van der Waals surface area contributed by atoms with Gasteiger partial charge < -0.3 is 16.0 Å². The predicted octanol–water partition coefficient (Wildman–Crippen LogP) is 2.06. The molecule has 3 N–H and O–H groups in total. The van der Waals surface area contributed by atoms with Gasteiger partial charge in [0, 0.05) is 24.7 Å². The standard InChI is InChI=1S/C15H19Cl2N3O2/c1-9(8-18)19-14(21)13-3-2-6-20(13)15(22)10-4-5-11(16)12(17)7-10/h4-5,7,9,13H,2-3,6,8,18H2,1H3,(H,19,21)/t9-,13?/m0/s1. The number of halogens is 2. The molecule has 0 saturated carbocycles. The number of hydrogen-bond acceptors (Lipinski definition) is 3. The molecule has 0 spiro atoms. The summed E-state index contributed by atoms with van der Waals surface area (Å²) in [6.07, 6.45) is 1.44. The highest BCUT2D eigenvalue weighted by atomic mass is 35.5. The maximum atomic E-state index is 12.6. The minimum absolute atomic E-state index is 0.116. The molecule has 1 saturated heterocycles. The molecule has 1 aliphatic rings. The summed E-state index contributed by atoms with van der Waals surface area (Å²) in [5, 5.41) is 3.54. The molecule has 1 heterocycles. The van der Waals surface area contributed by atoms with E-state index in [2.05, 4.69) is 5.32 Å². The van der Waals surface area contributed by atoms with Crippen LogP contribution in [0.2, 0.25) is 10.0 Å². The maximum absolute atomic E-state index is 12.6. The van der Waals surface area contributed by atoms with E-state index in [-0.39, 0.29) is 17.9 Å². The average Bonchev–Trinajstić information content (AvgIpc) is 2.98. The van der Waals surface area contributed by atoms with Crippen molar-refractivity contribution in [3.63, 3.8) is 0 Å². The minimum atomic E-state index is -0.462. The normalized spacial score (nSPS) is 19.1. The summed E-state index contributed by atoms with van der Waals surface area (Å²) < 4.78 is 0. The molecule has 7 heteroatoms. The van der Waals surface area contributed by atoms with Crippen molar-refractivity contribution in [2.45, 2.75) is 31.8 Å². The summed E-state index contributed by atoms with van der Waals surface area (Å²) in [6, 6.07) is 4.15. The monoisotopic (exact) mass is 343 g/mol. The van der Waals surface area contributed by atoms with E-state index in [1.54, 1.807) is 17.0 Å². The quantitative estimate of drug-likeness (QED) is 0.878. The van der Waals surface area contributed by atoms with Crippen molar-refractivity contribution in [3.05, 3.63) is 33.8 Å². The van der Waals surface area contributed by atoms with Gasteiger partial charge in [-0.05, 0) is 38.0 Å². The number of likely N-dealkylation sites (tertiary alicyclic amines) is 1. The number of carbonyl (C=O) groups excluding carboxylic acids is 2. The fraction of sp³-hybridized carbons (Fsp3) is 0.467. The van der Waals surface area contributed by atoms with Crippen LogP contribution in [0.5, 0.6) is 0 Å². The number of amides is 2. The van der Waals surface area contributed by atoms with Crippen molar-refractivity contribution in [2.24, 2.45) is 5.73 Å². The first-order chi connectivity index (χ1) is 10.4. The molecule has 1 aromatic carbocycles. The average molecular weight is 344 g/mol. The molecule has 120 valence electrons. The maximum Gasteiger partial charge on any atom is 0.254 e. The fourth-order valence-corrected chi connectivity index (χ4v) is 2.77. The fourth-order valence-electron chi connectivity index (χ4n) is 2.48. The van der Waals surface area contributed by atoms with Crippen LogP contribution in [0.3, 0.4) is 0 Å². The molecule has 1 unspecified atom stereocenters. The van der Waals surface area contributed by atoms with Gasteiger partial charge in [0.15, 0.2) is 0 Å². The first-order valence-corrected chi connectivity index (χ1v) is 7.96. The Morgan fingerprint density at radius 3 is 2.77 bits per heavy atom. The Morgan fingerprint density at radius 2 is 2.14 bits per heavy atom. The van der Waals surface area contributed by atoms with Crippen LogP contribution in [0.25, 0.3) is 0 Å². The molecule has 2 amide bonds. The molecule has 0 aromatic heterocycles. The number of nitrogens with one attached hydrogen (secondary N) is 1. The number of hydrogen-bond donors (Lipinski definition) is 2. The van der Waals surface area contributed by atoms with Crippen molar-refractivity contribution >= 4 is 35.0 Å². The lowest BCUT2D eigenvalue weighted by Gasteiger charge is -2.25. The van der Waals surface area contributed by atoms with Crippen LogP contribution in [0.4, 0.5) is 0 Å². The summed E-state index contributed by atoms with van der Waals surface area (Å²) >= 11 is 11.8. The van der Waals surface area contributed by atoms with Crippen LogP contribution in [-0.2, 0) is 4.79 Å². The topological polar surface area (TPSA) is 75.4 Å². The molecule has 0 bridgehead atoms. The Morgan fingerprint density at radius 1 is 1.41 bits per heavy atom. The van der Waals surface area contributed by atoms with E-state index in [4.69, 9.17) is 28.9 Å². The third kappa shape index (κ3) is 3.72. The van der Waals surface area contributed by atoms with Crippen LogP contribution in [0, 0.1) is 0 Å². The largest absolute Gasteiger partial charge is 0.351 e. The van der Waals surface area contributed by atoms with Gasteiger partial charge >= 0.3 is 0 Å². The zero-order valence-corrected chi connectivity index (χ0v) is 13.8.